The number of nitrogens with two attached hydrogens (primary N) is 1. The third-order valence-corrected chi connectivity index (χ3v) is 5.71. The summed E-state index contributed by atoms with van der Waals surface area (Å²) in [7, 11) is 0. The quantitative estimate of drug-likeness (QED) is 0.761. The first-order valence-corrected chi connectivity index (χ1v) is 7.82. The molecule has 0 bridgehead atoms. The van der Waals surface area contributed by atoms with Crippen molar-refractivity contribution in [2.24, 2.45) is 17.1 Å². The first-order chi connectivity index (χ1) is 9.33. The highest BCUT2D eigenvalue weighted by molar-refractivity contribution is 5.03. The monoisotopic (exact) mass is 293 g/mol. The lowest BCUT2D eigenvalue weighted by atomic mass is 9.60. The van der Waals surface area contributed by atoms with Crippen LogP contribution in [0.5, 0.6) is 0 Å². The zero-order chi connectivity index (χ0) is 14.9. The van der Waals surface area contributed by atoms with Crippen molar-refractivity contribution in [3.05, 3.63) is 0 Å². The zero-order valence-electron chi connectivity index (χ0n) is 12.0. The molecule has 0 atom stereocenters. The highest BCUT2D eigenvalue weighted by atomic mass is 19.4. The van der Waals surface area contributed by atoms with Gasteiger partial charge in [-0.1, -0.05) is 25.7 Å². The first kappa shape index (κ1) is 16.1. The molecule has 0 heterocycles. The van der Waals surface area contributed by atoms with Crippen molar-refractivity contribution >= 4 is 0 Å². The molecule has 0 radical (unpaired) electrons. The van der Waals surface area contributed by atoms with Crippen LogP contribution in [0.2, 0.25) is 0 Å². The van der Waals surface area contributed by atoms with Gasteiger partial charge >= 0.3 is 6.18 Å². The Kier molecular flexibility index (Phi) is 4.69. The molecule has 0 unspecified atom stereocenters. The molecule has 2 saturated carbocycles. The molecule has 0 aromatic rings. The van der Waals surface area contributed by atoms with Gasteiger partial charge in [0.05, 0.1) is 11.5 Å². The van der Waals surface area contributed by atoms with Crippen LogP contribution in [0.25, 0.3) is 0 Å². The van der Waals surface area contributed by atoms with E-state index in [0.29, 0.717) is 6.54 Å². The molecule has 2 rings (SSSR count). The lowest BCUT2D eigenvalue weighted by Gasteiger charge is -2.50. The normalized spacial score (nSPS) is 35.5. The molecule has 2 aliphatic rings. The van der Waals surface area contributed by atoms with Crippen LogP contribution in [0.1, 0.15) is 64.2 Å². The average Bonchev–Trinajstić information content (AvgIpc) is 2.64. The van der Waals surface area contributed by atoms with Crippen molar-refractivity contribution in [2.45, 2.75) is 76.0 Å². The lowest BCUT2D eigenvalue weighted by Crippen LogP contribution is -2.55. The van der Waals surface area contributed by atoms with E-state index in [2.05, 4.69) is 0 Å². The number of hydrogen-bond acceptors (Lipinski definition) is 2. The van der Waals surface area contributed by atoms with Crippen LogP contribution in [-0.4, -0.2) is 23.4 Å². The summed E-state index contributed by atoms with van der Waals surface area (Å²) in [6, 6.07) is 0. The second-order valence-electron chi connectivity index (χ2n) is 6.75. The molecule has 0 aromatic heterocycles. The molecule has 0 spiro atoms. The third kappa shape index (κ3) is 2.98. The van der Waals surface area contributed by atoms with Crippen LogP contribution in [-0.2, 0) is 0 Å². The maximum atomic E-state index is 12.8. The number of aliphatic hydroxyl groups is 1. The summed E-state index contributed by atoms with van der Waals surface area (Å²) >= 11 is 0. The maximum absolute atomic E-state index is 12.8. The Morgan fingerprint density at radius 2 is 1.45 bits per heavy atom. The van der Waals surface area contributed by atoms with E-state index in [4.69, 9.17) is 5.73 Å². The average molecular weight is 293 g/mol. The number of rotatable bonds is 2. The molecular formula is C15H26F3NO. The predicted octanol–water partition coefficient (Wildman–Crippen LogP) is 3.77. The van der Waals surface area contributed by atoms with Gasteiger partial charge in [-0.2, -0.15) is 13.2 Å². The van der Waals surface area contributed by atoms with Crippen LogP contribution >= 0.6 is 0 Å². The second kappa shape index (κ2) is 5.84. The molecule has 2 fully saturated rings. The van der Waals surface area contributed by atoms with Gasteiger partial charge in [-0.15, -0.1) is 0 Å². The number of halogens is 3. The second-order valence-corrected chi connectivity index (χ2v) is 6.75. The summed E-state index contributed by atoms with van der Waals surface area (Å²) in [5, 5.41) is 11.0. The smallest absolute Gasteiger partial charge is 0.389 e. The van der Waals surface area contributed by atoms with Crippen LogP contribution in [0, 0.1) is 11.3 Å². The molecular weight excluding hydrogens is 267 g/mol. The van der Waals surface area contributed by atoms with Gasteiger partial charge in [0.2, 0.25) is 0 Å². The Morgan fingerprint density at radius 1 is 0.950 bits per heavy atom. The third-order valence-electron chi connectivity index (χ3n) is 5.71. The first-order valence-electron chi connectivity index (χ1n) is 7.82. The van der Waals surface area contributed by atoms with Crippen LogP contribution in [0.4, 0.5) is 13.2 Å². The summed E-state index contributed by atoms with van der Waals surface area (Å²) in [6.45, 7) is 0.389. The van der Waals surface area contributed by atoms with Crippen LogP contribution < -0.4 is 5.73 Å². The SMILES string of the molecule is NCC1(C2(O)CCC(C(F)(F)F)CC2)CCCCCC1. The predicted molar refractivity (Wildman–Crippen MR) is 72.2 cm³/mol. The minimum Gasteiger partial charge on any atom is -0.389 e. The zero-order valence-corrected chi connectivity index (χ0v) is 12.0. The van der Waals surface area contributed by atoms with E-state index in [1.807, 2.05) is 0 Å². The summed E-state index contributed by atoms with van der Waals surface area (Å²) in [6.07, 6.45) is 2.51. The van der Waals surface area contributed by atoms with Gasteiger partial charge in [-0.05, 0) is 38.5 Å². The van der Waals surface area contributed by atoms with E-state index in [1.165, 1.54) is 0 Å². The molecule has 3 N–H and O–H groups in total. The topological polar surface area (TPSA) is 46.2 Å². The Bertz CT molecular complexity index is 314. The van der Waals surface area contributed by atoms with Gasteiger partial charge in [0.1, 0.15) is 0 Å². The van der Waals surface area contributed by atoms with Crippen molar-refractivity contribution in [3.8, 4) is 0 Å². The number of alkyl halides is 3. The van der Waals surface area contributed by atoms with Gasteiger partial charge < -0.3 is 10.8 Å². The van der Waals surface area contributed by atoms with Gasteiger partial charge in [-0.3, -0.25) is 0 Å². The Morgan fingerprint density at radius 3 is 1.85 bits per heavy atom. The summed E-state index contributed by atoms with van der Waals surface area (Å²) in [5.41, 5.74) is 4.61. The molecule has 0 saturated heterocycles. The van der Waals surface area contributed by atoms with Crippen molar-refractivity contribution < 1.29 is 18.3 Å². The molecule has 118 valence electrons. The van der Waals surface area contributed by atoms with Gasteiger partial charge in [0.25, 0.3) is 0 Å². The standard InChI is InChI=1S/C15H26F3NO/c16-15(17,18)12-5-9-14(20,10-6-12)13(11-19)7-3-1-2-4-8-13/h12,20H,1-11,19H2. The van der Waals surface area contributed by atoms with Crippen molar-refractivity contribution in [2.75, 3.05) is 6.54 Å². The van der Waals surface area contributed by atoms with E-state index in [9.17, 15) is 18.3 Å². The summed E-state index contributed by atoms with van der Waals surface area (Å²) < 4.78 is 38.3. The van der Waals surface area contributed by atoms with E-state index in [-0.39, 0.29) is 31.1 Å². The molecule has 2 nitrogen and oxygen atoms in total. The molecule has 0 aromatic carbocycles. The Balaban J connectivity index is 2.10. The van der Waals surface area contributed by atoms with E-state index >= 15 is 0 Å². The molecule has 0 aliphatic heterocycles. The largest absolute Gasteiger partial charge is 0.391 e. The summed E-state index contributed by atoms with van der Waals surface area (Å²) in [5.74, 6) is -1.25. The van der Waals surface area contributed by atoms with E-state index < -0.39 is 17.7 Å². The highest BCUT2D eigenvalue weighted by Gasteiger charge is 2.53. The lowest BCUT2D eigenvalue weighted by molar-refractivity contribution is -0.204. The minimum atomic E-state index is -4.12. The maximum Gasteiger partial charge on any atom is 0.391 e. The van der Waals surface area contributed by atoms with Gasteiger partial charge in [-0.25, -0.2) is 0 Å². The molecule has 0 amide bonds. The van der Waals surface area contributed by atoms with Crippen molar-refractivity contribution in [1.82, 2.24) is 0 Å². The van der Waals surface area contributed by atoms with E-state index in [1.54, 1.807) is 0 Å². The van der Waals surface area contributed by atoms with Crippen LogP contribution in [0.3, 0.4) is 0 Å². The fourth-order valence-electron chi connectivity index (χ4n) is 4.22. The number of hydrogen-bond donors (Lipinski definition) is 2. The Hall–Kier alpha value is -0.290. The fourth-order valence-corrected chi connectivity index (χ4v) is 4.22. The van der Waals surface area contributed by atoms with Crippen molar-refractivity contribution in [1.29, 1.82) is 0 Å². The highest BCUT2D eigenvalue weighted by Crippen LogP contribution is 2.52. The van der Waals surface area contributed by atoms with E-state index in [0.717, 1.165) is 38.5 Å². The molecule has 20 heavy (non-hydrogen) atoms. The fraction of sp³-hybridized carbons (Fsp3) is 1.00. The Labute approximate surface area is 118 Å². The molecule has 5 heteroatoms. The molecule has 2 aliphatic carbocycles. The minimum absolute atomic E-state index is 0.0434. The van der Waals surface area contributed by atoms with Crippen LogP contribution in [0.15, 0.2) is 0 Å². The van der Waals surface area contributed by atoms with Crippen molar-refractivity contribution in [3.63, 3.8) is 0 Å². The van der Waals surface area contributed by atoms with Gasteiger partial charge in [0.15, 0.2) is 0 Å². The van der Waals surface area contributed by atoms with Gasteiger partial charge in [0, 0.05) is 12.0 Å². The summed E-state index contributed by atoms with van der Waals surface area (Å²) in [4.78, 5) is 0.